The molecule has 8 heteroatoms. The Hall–Kier alpha value is -3.73. The summed E-state index contributed by atoms with van der Waals surface area (Å²) in [5.41, 5.74) is 6.71. The van der Waals surface area contributed by atoms with Crippen LogP contribution in [0.1, 0.15) is 36.3 Å². The molecule has 0 fully saturated rings. The molecular weight excluding hydrogens is 419 g/mol. The van der Waals surface area contributed by atoms with Crippen molar-refractivity contribution in [1.82, 2.24) is 0 Å². The van der Waals surface area contributed by atoms with E-state index in [0.29, 0.717) is 35.4 Å². The lowest BCUT2D eigenvalue weighted by atomic mass is 9.75. The number of halogens is 3. The van der Waals surface area contributed by atoms with E-state index < -0.39 is 17.7 Å². The van der Waals surface area contributed by atoms with Crippen LogP contribution in [0.15, 0.2) is 71.2 Å². The number of nitrogens with zero attached hydrogens (tertiary/aromatic N) is 2. The standard InChI is InChI=1S/C24H20F3N3O2/c1-32-15-11-9-14(10-12-15)21-16(13-28)23(29)30(19-7-4-8-20(31)22(19)21)18-6-3-2-5-17(18)24(25,26)27/h2-3,5-6,9-12,21H,4,7-8,29H2,1H3/t21-/m0/s1. The number of ketones is 1. The minimum absolute atomic E-state index is 0.0427. The maximum Gasteiger partial charge on any atom is 0.418 e. The van der Waals surface area contributed by atoms with Crippen molar-refractivity contribution in [3.63, 3.8) is 0 Å². The zero-order valence-electron chi connectivity index (χ0n) is 17.2. The van der Waals surface area contributed by atoms with Gasteiger partial charge in [-0.15, -0.1) is 0 Å². The summed E-state index contributed by atoms with van der Waals surface area (Å²) in [5, 5.41) is 9.97. The number of nitrogens with two attached hydrogens (primary N) is 1. The van der Waals surface area contributed by atoms with Crippen LogP contribution < -0.4 is 15.4 Å². The first-order chi connectivity index (χ1) is 15.3. The molecule has 2 N–H and O–H groups in total. The third-order valence-electron chi connectivity index (χ3n) is 5.81. The minimum atomic E-state index is -4.63. The van der Waals surface area contributed by atoms with E-state index in [4.69, 9.17) is 10.5 Å². The highest BCUT2D eigenvalue weighted by Gasteiger charge is 2.43. The monoisotopic (exact) mass is 439 g/mol. The predicted octanol–water partition coefficient (Wildman–Crippen LogP) is 5.02. The molecule has 164 valence electrons. The number of alkyl halides is 3. The van der Waals surface area contributed by atoms with Gasteiger partial charge in [0.2, 0.25) is 0 Å². The van der Waals surface area contributed by atoms with E-state index in [2.05, 4.69) is 6.07 Å². The number of hydrogen-bond donors (Lipinski definition) is 1. The molecule has 1 atom stereocenters. The number of methoxy groups -OCH3 is 1. The molecule has 2 aromatic carbocycles. The highest BCUT2D eigenvalue weighted by molar-refractivity contribution is 6.01. The third kappa shape index (κ3) is 3.50. The van der Waals surface area contributed by atoms with Gasteiger partial charge in [0.05, 0.1) is 35.9 Å². The van der Waals surface area contributed by atoms with Gasteiger partial charge in [0.1, 0.15) is 11.6 Å². The Kier molecular flexibility index (Phi) is 5.43. The van der Waals surface area contributed by atoms with Gasteiger partial charge in [-0.2, -0.15) is 18.4 Å². The first kappa shape index (κ1) is 21.5. The maximum atomic E-state index is 13.8. The second-order valence-electron chi connectivity index (χ2n) is 7.60. The van der Waals surface area contributed by atoms with E-state index in [1.165, 1.54) is 30.2 Å². The van der Waals surface area contributed by atoms with Gasteiger partial charge in [-0.3, -0.25) is 9.69 Å². The van der Waals surface area contributed by atoms with Gasteiger partial charge in [0.25, 0.3) is 0 Å². The second-order valence-corrected chi connectivity index (χ2v) is 7.60. The lowest BCUT2D eigenvalue weighted by Gasteiger charge is -2.40. The number of nitriles is 1. The van der Waals surface area contributed by atoms with Gasteiger partial charge in [0, 0.05) is 17.7 Å². The predicted molar refractivity (Wildman–Crippen MR) is 112 cm³/mol. The van der Waals surface area contributed by atoms with E-state index in [1.807, 2.05) is 0 Å². The first-order valence-corrected chi connectivity index (χ1v) is 10.0. The topological polar surface area (TPSA) is 79.3 Å². The van der Waals surface area contributed by atoms with E-state index in [0.717, 1.165) is 6.07 Å². The van der Waals surface area contributed by atoms with E-state index in [1.54, 1.807) is 24.3 Å². The van der Waals surface area contributed by atoms with Crippen molar-refractivity contribution in [3.8, 4) is 11.8 Å². The molecular formula is C24H20F3N3O2. The Bertz CT molecular complexity index is 1170. The van der Waals surface area contributed by atoms with Crippen LogP contribution in [0.3, 0.4) is 0 Å². The molecule has 0 saturated heterocycles. The highest BCUT2D eigenvalue weighted by atomic mass is 19.4. The van der Waals surface area contributed by atoms with E-state index in [-0.39, 0.29) is 29.3 Å². The van der Waals surface area contributed by atoms with Gasteiger partial charge in [-0.25, -0.2) is 0 Å². The zero-order chi connectivity index (χ0) is 23.0. The minimum Gasteiger partial charge on any atom is -0.497 e. The lowest BCUT2D eigenvalue weighted by Crippen LogP contribution is -2.39. The molecule has 0 bridgehead atoms. The number of benzene rings is 2. The van der Waals surface area contributed by atoms with Crippen LogP contribution >= 0.6 is 0 Å². The molecule has 0 spiro atoms. The highest BCUT2D eigenvalue weighted by Crippen LogP contribution is 2.48. The maximum absolute atomic E-state index is 13.8. The second kappa shape index (κ2) is 8.08. The van der Waals surface area contributed by atoms with Gasteiger partial charge in [-0.05, 0) is 42.7 Å². The van der Waals surface area contributed by atoms with Crippen LogP contribution in [-0.2, 0) is 11.0 Å². The fraction of sp³-hybridized carbons (Fsp3) is 0.250. The first-order valence-electron chi connectivity index (χ1n) is 10.0. The summed E-state index contributed by atoms with van der Waals surface area (Å²) in [6.07, 6.45) is -3.50. The fourth-order valence-electron chi connectivity index (χ4n) is 4.40. The summed E-state index contributed by atoms with van der Waals surface area (Å²) in [7, 11) is 1.52. The summed E-state index contributed by atoms with van der Waals surface area (Å²) >= 11 is 0. The molecule has 2 aromatic rings. The molecule has 5 nitrogen and oxygen atoms in total. The molecule has 0 unspecified atom stereocenters. The molecule has 32 heavy (non-hydrogen) atoms. The molecule has 1 aliphatic carbocycles. The van der Waals surface area contributed by atoms with Gasteiger partial charge >= 0.3 is 6.18 Å². The number of rotatable bonds is 3. The molecule has 4 rings (SSSR count). The number of carbonyl (C=O) groups is 1. The number of Topliss-reactive ketones (excluding diaryl/α,β-unsaturated/α-hetero) is 1. The molecule has 1 aliphatic heterocycles. The van der Waals surface area contributed by atoms with E-state index >= 15 is 0 Å². The van der Waals surface area contributed by atoms with Crippen molar-refractivity contribution in [2.24, 2.45) is 5.73 Å². The van der Waals surface area contributed by atoms with Crippen LogP contribution in [0.25, 0.3) is 0 Å². The van der Waals surface area contributed by atoms with E-state index in [9.17, 15) is 23.2 Å². The van der Waals surface area contributed by atoms with Crippen LogP contribution in [0.5, 0.6) is 5.75 Å². The molecule has 0 aromatic heterocycles. The van der Waals surface area contributed by atoms with Crippen molar-refractivity contribution in [3.05, 3.63) is 82.3 Å². The summed E-state index contributed by atoms with van der Waals surface area (Å²) in [6.45, 7) is 0. The van der Waals surface area contributed by atoms with Gasteiger partial charge in [-0.1, -0.05) is 24.3 Å². The Balaban J connectivity index is 1.97. The average Bonchev–Trinajstić information content (AvgIpc) is 2.78. The summed E-state index contributed by atoms with van der Waals surface area (Å²) in [6, 6.07) is 14.0. The summed E-state index contributed by atoms with van der Waals surface area (Å²) in [5.74, 6) is -0.437. The van der Waals surface area contributed by atoms with Crippen LogP contribution in [0, 0.1) is 11.3 Å². The van der Waals surface area contributed by atoms with Crippen molar-refractivity contribution in [2.45, 2.75) is 31.4 Å². The largest absolute Gasteiger partial charge is 0.497 e. The number of ether oxygens (including phenoxy) is 1. The van der Waals surface area contributed by atoms with Gasteiger partial charge in [0.15, 0.2) is 5.78 Å². The third-order valence-corrected chi connectivity index (χ3v) is 5.81. The van der Waals surface area contributed by atoms with Crippen molar-refractivity contribution in [1.29, 1.82) is 5.26 Å². The normalized spacial score (nSPS) is 19.0. The SMILES string of the molecule is COc1ccc([C@H]2C(C#N)=C(N)N(c3ccccc3C(F)(F)F)C3=C2C(=O)CCC3)cc1. The molecule has 1 heterocycles. The van der Waals surface area contributed by atoms with Crippen molar-refractivity contribution in [2.75, 3.05) is 12.0 Å². The van der Waals surface area contributed by atoms with Crippen molar-refractivity contribution < 1.29 is 22.7 Å². The number of anilines is 1. The lowest BCUT2D eigenvalue weighted by molar-refractivity contribution is -0.137. The zero-order valence-corrected chi connectivity index (χ0v) is 17.2. The quantitative estimate of drug-likeness (QED) is 0.727. The van der Waals surface area contributed by atoms with Crippen molar-refractivity contribution >= 4 is 11.5 Å². The number of para-hydroxylation sites is 1. The summed E-state index contributed by atoms with van der Waals surface area (Å²) in [4.78, 5) is 14.3. The van der Waals surface area contributed by atoms with Crippen LogP contribution in [-0.4, -0.2) is 12.9 Å². The Morgan fingerprint density at radius 1 is 1.12 bits per heavy atom. The molecule has 0 radical (unpaired) electrons. The molecule has 2 aliphatic rings. The number of hydrogen-bond acceptors (Lipinski definition) is 5. The Morgan fingerprint density at radius 2 is 1.81 bits per heavy atom. The summed E-state index contributed by atoms with van der Waals surface area (Å²) < 4.78 is 46.5. The van der Waals surface area contributed by atoms with Gasteiger partial charge < -0.3 is 10.5 Å². The Morgan fingerprint density at radius 3 is 2.44 bits per heavy atom. The van der Waals surface area contributed by atoms with Crippen LogP contribution in [0.2, 0.25) is 0 Å². The Labute approximate surface area is 183 Å². The average molecular weight is 439 g/mol. The molecule has 0 amide bonds. The smallest absolute Gasteiger partial charge is 0.418 e. The fourth-order valence-corrected chi connectivity index (χ4v) is 4.40. The molecule has 0 saturated carbocycles. The van der Waals surface area contributed by atoms with Crippen LogP contribution in [0.4, 0.5) is 18.9 Å². The number of allylic oxidation sites excluding steroid dienone is 3. The number of carbonyl (C=O) groups excluding carboxylic acids is 1.